The maximum atomic E-state index is 12.0. The van der Waals surface area contributed by atoms with Crippen LogP contribution in [0.5, 0.6) is 0 Å². The molecule has 0 saturated carbocycles. The van der Waals surface area contributed by atoms with Crippen molar-refractivity contribution in [3.8, 4) is 0 Å². The molecule has 2 heterocycles. The number of hydrogen-bond acceptors (Lipinski definition) is 5. The molecule has 4 N–H and O–H groups in total. The van der Waals surface area contributed by atoms with Gasteiger partial charge in [0.25, 0.3) is 5.91 Å². The van der Waals surface area contributed by atoms with Gasteiger partial charge in [0.15, 0.2) is 0 Å². The van der Waals surface area contributed by atoms with Crippen LogP contribution in [-0.4, -0.2) is 66.7 Å². The van der Waals surface area contributed by atoms with Crippen LogP contribution in [0.1, 0.15) is 34.8 Å². The molecular weight excluding hydrogens is 345 g/mol. The smallest absolute Gasteiger partial charge is 0.475 e. The maximum absolute atomic E-state index is 12.0. The van der Waals surface area contributed by atoms with E-state index in [0.29, 0.717) is 24.6 Å². The number of alkyl halides is 3. The number of nitrogens with one attached hydrogen (secondary N) is 3. The first kappa shape index (κ1) is 20.9. The first-order chi connectivity index (χ1) is 11.8. The summed E-state index contributed by atoms with van der Waals surface area (Å²) in [6.45, 7) is 2.99. The van der Waals surface area contributed by atoms with Crippen LogP contribution in [-0.2, 0) is 9.53 Å². The van der Waals surface area contributed by atoms with Gasteiger partial charge in [0, 0.05) is 26.1 Å². The molecule has 1 amide bonds. The first-order valence-corrected chi connectivity index (χ1v) is 7.58. The summed E-state index contributed by atoms with van der Waals surface area (Å²) < 4.78 is 36.6. The highest BCUT2D eigenvalue weighted by Gasteiger charge is 2.38. The molecule has 25 heavy (non-hydrogen) atoms. The number of ether oxygens (including phenoxy) is 1. The second-order valence-corrected chi connectivity index (χ2v) is 5.29. The van der Waals surface area contributed by atoms with Crippen molar-refractivity contribution in [1.29, 1.82) is 0 Å². The van der Waals surface area contributed by atoms with E-state index in [4.69, 9.17) is 14.6 Å². The van der Waals surface area contributed by atoms with Crippen molar-refractivity contribution in [3.63, 3.8) is 0 Å². The SMILES string of the molecule is COCCNC(=O)c1cn[nH]c1C1CCCNC1.O=C(O)C(F)(F)F. The number of hydrogen-bond donors (Lipinski definition) is 4. The highest BCUT2D eigenvalue weighted by atomic mass is 19.4. The van der Waals surface area contributed by atoms with E-state index in [9.17, 15) is 18.0 Å². The largest absolute Gasteiger partial charge is 0.490 e. The highest BCUT2D eigenvalue weighted by Crippen LogP contribution is 2.24. The molecule has 1 unspecified atom stereocenters. The normalized spacial score (nSPS) is 17.4. The molecule has 11 heteroatoms. The number of H-pyrrole nitrogens is 1. The van der Waals surface area contributed by atoms with Crippen molar-refractivity contribution in [2.45, 2.75) is 24.9 Å². The molecule has 1 atom stereocenters. The van der Waals surface area contributed by atoms with E-state index in [-0.39, 0.29) is 5.91 Å². The van der Waals surface area contributed by atoms with E-state index in [1.807, 2.05) is 0 Å². The van der Waals surface area contributed by atoms with Crippen molar-refractivity contribution in [2.24, 2.45) is 0 Å². The van der Waals surface area contributed by atoms with E-state index < -0.39 is 12.1 Å². The lowest BCUT2D eigenvalue weighted by atomic mass is 9.93. The topological polar surface area (TPSA) is 116 Å². The van der Waals surface area contributed by atoms with Gasteiger partial charge in [-0.05, 0) is 19.4 Å². The van der Waals surface area contributed by atoms with Crippen molar-refractivity contribution >= 4 is 11.9 Å². The molecule has 0 aromatic carbocycles. The van der Waals surface area contributed by atoms with E-state index in [1.165, 1.54) is 0 Å². The quantitative estimate of drug-likeness (QED) is 0.575. The number of carboxylic acids is 1. The number of amides is 1. The van der Waals surface area contributed by atoms with Gasteiger partial charge in [0.2, 0.25) is 0 Å². The van der Waals surface area contributed by atoms with Gasteiger partial charge in [0.05, 0.1) is 24.1 Å². The number of aliphatic carboxylic acids is 1. The molecule has 1 saturated heterocycles. The van der Waals surface area contributed by atoms with Crippen molar-refractivity contribution in [2.75, 3.05) is 33.4 Å². The molecule has 1 aromatic rings. The minimum atomic E-state index is -5.08. The summed E-state index contributed by atoms with van der Waals surface area (Å²) in [7, 11) is 1.61. The zero-order chi connectivity index (χ0) is 18.9. The average Bonchev–Trinajstić information content (AvgIpc) is 3.05. The van der Waals surface area contributed by atoms with Crippen LogP contribution in [0.3, 0.4) is 0 Å². The fourth-order valence-electron chi connectivity index (χ4n) is 2.25. The van der Waals surface area contributed by atoms with Gasteiger partial charge in [-0.3, -0.25) is 9.89 Å². The van der Waals surface area contributed by atoms with Gasteiger partial charge in [0.1, 0.15) is 0 Å². The Labute approximate surface area is 142 Å². The van der Waals surface area contributed by atoms with Crippen LogP contribution in [0.25, 0.3) is 0 Å². The van der Waals surface area contributed by atoms with E-state index in [1.54, 1.807) is 13.3 Å². The number of nitrogens with zero attached hydrogens (tertiary/aromatic N) is 1. The zero-order valence-electron chi connectivity index (χ0n) is 13.7. The Morgan fingerprint density at radius 3 is 2.68 bits per heavy atom. The molecule has 142 valence electrons. The summed E-state index contributed by atoms with van der Waals surface area (Å²) in [5, 5.41) is 20.3. The molecular formula is C14H21F3N4O4. The molecule has 0 aliphatic carbocycles. The number of rotatable bonds is 5. The lowest BCUT2D eigenvalue weighted by molar-refractivity contribution is -0.192. The lowest BCUT2D eigenvalue weighted by Crippen LogP contribution is -2.31. The summed E-state index contributed by atoms with van der Waals surface area (Å²) >= 11 is 0. The number of carbonyl (C=O) groups excluding carboxylic acids is 1. The standard InChI is InChI=1S/C12H20N4O2.C2HF3O2/c1-18-6-5-14-12(17)10-8-15-16-11(10)9-3-2-4-13-7-9;3-2(4,5)1(6)7/h8-9,13H,2-7H2,1H3,(H,14,17)(H,15,16);(H,6,7). The van der Waals surface area contributed by atoms with Gasteiger partial charge >= 0.3 is 12.1 Å². The van der Waals surface area contributed by atoms with Crippen molar-refractivity contribution in [3.05, 3.63) is 17.5 Å². The first-order valence-electron chi connectivity index (χ1n) is 7.58. The minimum Gasteiger partial charge on any atom is -0.475 e. The monoisotopic (exact) mass is 366 g/mol. The molecule has 1 aromatic heterocycles. The van der Waals surface area contributed by atoms with Crippen LogP contribution in [0, 0.1) is 0 Å². The van der Waals surface area contributed by atoms with E-state index in [2.05, 4.69) is 20.8 Å². The maximum Gasteiger partial charge on any atom is 0.490 e. The third-order valence-electron chi connectivity index (χ3n) is 3.45. The second-order valence-electron chi connectivity index (χ2n) is 5.29. The number of piperidine rings is 1. The summed E-state index contributed by atoms with van der Waals surface area (Å²) in [4.78, 5) is 20.9. The van der Waals surface area contributed by atoms with Crippen molar-refractivity contribution in [1.82, 2.24) is 20.8 Å². The number of carbonyl (C=O) groups is 2. The van der Waals surface area contributed by atoms with Crippen LogP contribution in [0.4, 0.5) is 13.2 Å². The van der Waals surface area contributed by atoms with Crippen LogP contribution >= 0.6 is 0 Å². The summed E-state index contributed by atoms with van der Waals surface area (Å²) in [6.07, 6.45) is -1.26. The third-order valence-corrected chi connectivity index (χ3v) is 3.45. The van der Waals surface area contributed by atoms with Crippen LogP contribution in [0.2, 0.25) is 0 Å². The number of aromatic amines is 1. The average molecular weight is 366 g/mol. The van der Waals surface area contributed by atoms with Crippen molar-refractivity contribution < 1.29 is 32.6 Å². The Kier molecular flexibility index (Phi) is 8.35. The molecule has 1 fully saturated rings. The Bertz CT molecular complexity index is 557. The van der Waals surface area contributed by atoms with Gasteiger partial charge in [-0.25, -0.2) is 4.79 Å². The molecule has 1 aliphatic heterocycles. The molecule has 0 bridgehead atoms. The van der Waals surface area contributed by atoms with Crippen LogP contribution < -0.4 is 10.6 Å². The zero-order valence-corrected chi connectivity index (χ0v) is 13.7. The number of halogens is 3. The Hall–Kier alpha value is -2.14. The fourth-order valence-corrected chi connectivity index (χ4v) is 2.25. The molecule has 2 rings (SSSR count). The number of carboxylic acid groups (broad SMARTS) is 1. The third kappa shape index (κ3) is 7.10. The Morgan fingerprint density at radius 2 is 2.16 bits per heavy atom. The predicted molar refractivity (Wildman–Crippen MR) is 81.3 cm³/mol. The molecule has 1 aliphatic rings. The number of methoxy groups -OCH3 is 1. The summed E-state index contributed by atoms with van der Waals surface area (Å²) in [6, 6.07) is 0. The van der Waals surface area contributed by atoms with Gasteiger partial charge < -0.3 is 20.5 Å². The minimum absolute atomic E-state index is 0.0821. The predicted octanol–water partition coefficient (Wildman–Crippen LogP) is 0.886. The lowest BCUT2D eigenvalue weighted by Gasteiger charge is -2.22. The van der Waals surface area contributed by atoms with Crippen LogP contribution in [0.15, 0.2) is 6.20 Å². The summed E-state index contributed by atoms with van der Waals surface area (Å²) in [5.41, 5.74) is 1.59. The molecule has 0 radical (unpaired) electrons. The Morgan fingerprint density at radius 1 is 1.48 bits per heavy atom. The fraction of sp³-hybridized carbons (Fsp3) is 0.643. The summed E-state index contributed by atoms with van der Waals surface area (Å²) in [5.74, 6) is -2.49. The molecule has 8 nitrogen and oxygen atoms in total. The second kappa shape index (κ2) is 9.99. The van der Waals surface area contributed by atoms with E-state index >= 15 is 0 Å². The highest BCUT2D eigenvalue weighted by molar-refractivity contribution is 5.95. The Balaban J connectivity index is 0.000000381. The van der Waals surface area contributed by atoms with Gasteiger partial charge in [-0.1, -0.05) is 0 Å². The molecule has 0 spiro atoms. The van der Waals surface area contributed by atoms with Gasteiger partial charge in [-0.15, -0.1) is 0 Å². The number of aromatic nitrogens is 2. The van der Waals surface area contributed by atoms with Gasteiger partial charge in [-0.2, -0.15) is 18.3 Å². The van der Waals surface area contributed by atoms with E-state index in [0.717, 1.165) is 31.6 Å².